The zero-order chi connectivity index (χ0) is 10.6. The van der Waals surface area contributed by atoms with Gasteiger partial charge >= 0.3 is 7.60 Å². The van der Waals surface area contributed by atoms with Crippen LogP contribution in [0.1, 0.15) is 5.56 Å². The summed E-state index contributed by atoms with van der Waals surface area (Å²) in [4.78, 5) is 0. The van der Waals surface area contributed by atoms with Gasteiger partial charge in [-0.1, -0.05) is 30.9 Å². The summed E-state index contributed by atoms with van der Waals surface area (Å²) >= 11 is 0. The molecule has 76 valence electrons. The third-order valence-electron chi connectivity index (χ3n) is 1.93. The van der Waals surface area contributed by atoms with Gasteiger partial charge in [-0.25, -0.2) is 0 Å². The van der Waals surface area contributed by atoms with Crippen molar-refractivity contribution in [2.45, 2.75) is 0 Å². The molecule has 0 saturated heterocycles. The molecule has 1 aromatic rings. The molecule has 0 bridgehead atoms. The smallest absolute Gasteiger partial charge is 0.309 e. The molecule has 4 heteroatoms. The molecule has 0 saturated carbocycles. The molecule has 1 rings (SSSR count). The summed E-state index contributed by atoms with van der Waals surface area (Å²) < 4.78 is 21.8. The van der Waals surface area contributed by atoms with Crippen LogP contribution in [-0.2, 0) is 13.6 Å². The molecule has 0 aliphatic carbocycles. The Morgan fingerprint density at radius 2 is 1.86 bits per heavy atom. The molecule has 0 aromatic heterocycles. The largest absolute Gasteiger partial charge is 0.361 e. The van der Waals surface area contributed by atoms with Gasteiger partial charge in [0.1, 0.15) is 0 Å². The Labute approximate surface area is 83.9 Å². The Hall–Kier alpha value is -0.890. The highest BCUT2D eigenvalue weighted by molar-refractivity contribution is 7.62. The van der Waals surface area contributed by atoms with Gasteiger partial charge in [0.25, 0.3) is 0 Å². The molecule has 1 aromatic carbocycles. The Kier molecular flexibility index (Phi) is 3.64. The van der Waals surface area contributed by atoms with Crippen molar-refractivity contribution < 1.29 is 13.6 Å². The standard InChI is InChI=1S/C10H13O3P/c1-4-9-7-5-6-8-10(9)14(11,12-2)13-3/h4-8H,1H2,2-3H3. The fraction of sp³-hybridized carbons (Fsp3) is 0.200. The van der Waals surface area contributed by atoms with Crippen LogP contribution >= 0.6 is 7.60 Å². The van der Waals surface area contributed by atoms with Gasteiger partial charge in [-0.05, 0) is 11.6 Å². The first-order chi connectivity index (χ1) is 6.68. The van der Waals surface area contributed by atoms with Crippen LogP contribution < -0.4 is 5.30 Å². The summed E-state index contributed by atoms with van der Waals surface area (Å²) in [5, 5.41) is 0.542. The summed E-state index contributed by atoms with van der Waals surface area (Å²) in [6.45, 7) is 3.64. The zero-order valence-corrected chi connectivity index (χ0v) is 9.16. The maximum Gasteiger partial charge on any atom is 0.361 e. The molecule has 0 atom stereocenters. The molecule has 3 nitrogen and oxygen atoms in total. The number of rotatable bonds is 4. The molecule has 0 radical (unpaired) electrons. The average molecular weight is 212 g/mol. The topological polar surface area (TPSA) is 35.5 Å². The first-order valence-corrected chi connectivity index (χ1v) is 5.65. The molecule has 0 amide bonds. The molecule has 14 heavy (non-hydrogen) atoms. The fourth-order valence-corrected chi connectivity index (χ4v) is 2.47. The number of hydrogen-bond donors (Lipinski definition) is 0. The van der Waals surface area contributed by atoms with Crippen molar-refractivity contribution in [3.8, 4) is 0 Å². The van der Waals surface area contributed by atoms with Crippen molar-refractivity contribution in [3.63, 3.8) is 0 Å². The van der Waals surface area contributed by atoms with E-state index in [-0.39, 0.29) is 0 Å². The third kappa shape index (κ3) is 1.95. The Morgan fingerprint density at radius 1 is 1.29 bits per heavy atom. The molecule has 0 spiro atoms. The van der Waals surface area contributed by atoms with Crippen molar-refractivity contribution in [1.29, 1.82) is 0 Å². The maximum absolute atomic E-state index is 12.0. The lowest BCUT2D eigenvalue weighted by atomic mass is 10.2. The molecule has 0 fully saturated rings. The van der Waals surface area contributed by atoms with Crippen LogP contribution in [0, 0.1) is 0 Å². The number of benzene rings is 1. The minimum Gasteiger partial charge on any atom is -0.309 e. The second-order valence-electron chi connectivity index (χ2n) is 2.63. The Bertz CT molecular complexity index is 365. The van der Waals surface area contributed by atoms with Gasteiger partial charge in [-0.3, -0.25) is 4.57 Å². The lowest BCUT2D eigenvalue weighted by molar-refractivity contribution is 0.287. The normalized spacial score (nSPS) is 11.3. The van der Waals surface area contributed by atoms with Gasteiger partial charge in [0, 0.05) is 14.2 Å². The van der Waals surface area contributed by atoms with E-state index in [1.807, 2.05) is 12.1 Å². The molecule has 0 heterocycles. The van der Waals surface area contributed by atoms with Crippen molar-refractivity contribution in [2.24, 2.45) is 0 Å². The van der Waals surface area contributed by atoms with Gasteiger partial charge in [-0.2, -0.15) is 0 Å². The van der Waals surface area contributed by atoms with Crippen LogP contribution in [0.2, 0.25) is 0 Å². The minimum atomic E-state index is -3.16. The third-order valence-corrected chi connectivity index (χ3v) is 3.89. The zero-order valence-electron chi connectivity index (χ0n) is 8.27. The second-order valence-corrected chi connectivity index (χ2v) is 4.83. The van der Waals surface area contributed by atoms with Crippen molar-refractivity contribution in [3.05, 3.63) is 36.4 Å². The molecule has 0 aliphatic heterocycles. The molecular formula is C10H13O3P. The van der Waals surface area contributed by atoms with Crippen LogP contribution in [0.4, 0.5) is 0 Å². The highest BCUT2D eigenvalue weighted by Crippen LogP contribution is 2.45. The van der Waals surface area contributed by atoms with Gasteiger partial charge in [-0.15, -0.1) is 0 Å². The van der Waals surface area contributed by atoms with Gasteiger partial charge in [0.05, 0.1) is 5.30 Å². The maximum atomic E-state index is 12.0. The SMILES string of the molecule is C=Cc1ccccc1P(=O)(OC)OC. The lowest BCUT2D eigenvalue weighted by Crippen LogP contribution is -2.10. The van der Waals surface area contributed by atoms with Gasteiger partial charge in [0.2, 0.25) is 0 Å². The molecule has 0 N–H and O–H groups in total. The van der Waals surface area contributed by atoms with Crippen LogP contribution in [0.15, 0.2) is 30.8 Å². The summed E-state index contributed by atoms with van der Waals surface area (Å²) in [6, 6.07) is 7.15. The average Bonchev–Trinajstić information content (AvgIpc) is 2.28. The van der Waals surface area contributed by atoms with E-state index < -0.39 is 7.60 Å². The van der Waals surface area contributed by atoms with E-state index >= 15 is 0 Å². The highest BCUT2D eigenvalue weighted by atomic mass is 31.2. The summed E-state index contributed by atoms with van der Waals surface area (Å²) in [7, 11) is -0.428. The van der Waals surface area contributed by atoms with Crippen LogP contribution in [0.3, 0.4) is 0 Å². The quantitative estimate of drug-likeness (QED) is 0.719. The lowest BCUT2D eigenvalue weighted by Gasteiger charge is -2.15. The van der Waals surface area contributed by atoms with Crippen molar-refractivity contribution in [1.82, 2.24) is 0 Å². The monoisotopic (exact) mass is 212 g/mol. The molecule has 0 aliphatic rings. The summed E-state index contributed by atoms with van der Waals surface area (Å²) in [5.74, 6) is 0. The van der Waals surface area contributed by atoms with Gasteiger partial charge < -0.3 is 9.05 Å². The van der Waals surface area contributed by atoms with Gasteiger partial charge in [0.15, 0.2) is 0 Å². The first-order valence-electron chi connectivity index (χ1n) is 4.11. The predicted octanol–water partition coefficient (Wildman–Crippen LogP) is 2.44. The summed E-state index contributed by atoms with van der Waals surface area (Å²) in [5.41, 5.74) is 0.763. The highest BCUT2D eigenvalue weighted by Gasteiger charge is 2.26. The van der Waals surface area contributed by atoms with Crippen LogP contribution in [0.5, 0.6) is 0 Å². The van der Waals surface area contributed by atoms with E-state index in [1.165, 1.54) is 14.2 Å². The second kappa shape index (κ2) is 4.56. The van der Waals surface area contributed by atoms with Crippen LogP contribution in [0.25, 0.3) is 6.08 Å². The molecular weight excluding hydrogens is 199 g/mol. The van der Waals surface area contributed by atoms with E-state index in [0.717, 1.165) is 5.56 Å². The molecule has 0 unspecified atom stereocenters. The van der Waals surface area contributed by atoms with Crippen molar-refractivity contribution >= 4 is 19.0 Å². The van der Waals surface area contributed by atoms with E-state index in [2.05, 4.69) is 6.58 Å². The van der Waals surface area contributed by atoms with E-state index in [4.69, 9.17) is 9.05 Å². The van der Waals surface area contributed by atoms with Crippen molar-refractivity contribution in [2.75, 3.05) is 14.2 Å². The summed E-state index contributed by atoms with van der Waals surface area (Å²) in [6.07, 6.45) is 1.63. The number of hydrogen-bond acceptors (Lipinski definition) is 3. The Balaban J connectivity index is 3.30. The van der Waals surface area contributed by atoms with E-state index in [0.29, 0.717) is 5.30 Å². The van der Waals surface area contributed by atoms with E-state index in [9.17, 15) is 4.57 Å². The van der Waals surface area contributed by atoms with Crippen LogP contribution in [-0.4, -0.2) is 14.2 Å². The van der Waals surface area contributed by atoms with E-state index in [1.54, 1.807) is 18.2 Å². The Morgan fingerprint density at radius 3 is 2.36 bits per heavy atom. The fourth-order valence-electron chi connectivity index (χ4n) is 1.18. The first kappa shape index (κ1) is 11.2. The minimum absolute atomic E-state index is 0.542. The predicted molar refractivity (Wildman–Crippen MR) is 57.8 cm³/mol.